The summed E-state index contributed by atoms with van der Waals surface area (Å²) < 4.78 is 34.6. The Kier molecular flexibility index (Phi) is 2.16. The second-order valence-electron chi connectivity index (χ2n) is 5.70. The van der Waals surface area contributed by atoms with Crippen LogP contribution in [0, 0.1) is 23.7 Å². The Bertz CT molecular complexity index is 483. The molecule has 3 aliphatic carbocycles. The van der Waals surface area contributed by atoms with E-state index in [0.29, 0.717) is 36.6 Å². The molecule has 0 amide bonds. The van der Waals surface area contributed by atoms with Gasteiger partial charge in [-0.3, -0.25) is 0 Å². The van der Waals surface area contributed by atoms with E-state index in [2.05, 4.69) is 12.2 Å². The Balaban J connectivity index is 1.65. The van der Waals surface area contributed by atoms with E-state index in [1.807, 2.05) is 12.2 Å². The van der Waals surface area contributed by atoms with Gasteiger partial charge in [-0.25, -0.2) is 8.42 Å². The maximum absolute atomic E-state index is 11.7. The van der Waals surface area contributed by atoms with Crippen molar-refractivity contribution < 1.29 is 17.9 Å². The third kappa shape index (κ3) is 1.47. The molecule has 6 rings (SSSR count). The van der Waals surface area contributed by atoms with E-state index < -0.39 is 15.6 Å². The predicted octanol–water partition coefficient (Wildman–Crippen LogP) is 0.762. The summed E-state index contributed by atoms with van der Waals surface area (Å²) in [5.74, 6) is 1.29. The van der Waals surface area contributed by atoms with Gasteiger partial charge in [0.2, 0.25) is 5.79 Å². The van der Waals surface area contributed by atoms with Crippen LogP contribution >= 0.6 is 0 Å². The first-order valence-electron chi connectivity index (χ1n) is 6.46. The van der Waals surface area contributed by atoms with E-state index in [4.69, 9.17) is 9.47 Å². The molecule has 3 heterocycles. The van der Waals surface area contributed by atoms with Crippen LogP contribution in [0.1, 0.15) is 0 Å². The number of hydrogen-bond acceptors (Lipinski definition) is 4. The smallest absolute Gasteiger partial charge is 0.208 e. The van der Waals surface area contributed by atoms with E-state index in [1.165, 1.54) is 0 Å². The number of ether oxygens (including phenoxy) is 2. The van der Waals surface area contributed by atoms with Crippen LogP contribution in [0.15, 0.2) is 24.3 Å². The standard InChI is InChI=1S/C13H16O4S/c14-18(15)7-11-9-1-3-13(16-5-6-17-13)4-2-10(11)12(9)8-18/h1-4,9-12H,5-8H2/b3-1-,4-2-. The third-order valence-corrected chi connectivity index (χ3v) is 6.50. The highest BCUT2D eigenvalue weighted by Crippen LogP contribution is 2.54. The lowest BCUT2D eigenvalue weighted by atomic mass is 9.56. The van der Waals surface area contributed by atoms with Crippen molar-refractivity contribution in [2.75, 3.05) is 24.7 Å². The van der Waals surface area contributed by atoms with E-state index in [1.54, 1.807) is 0 Å². The fourth-order valence-electron chi connectivity index (χ4n) is 3.86. The summed E-state index contributed by atoms with van der Waals surface area (Å²) >= 11 is 0. The average molecular weight is 268 g/mol. The molecule has 0 atom stereocenters. The summed E-state index contributed by atoms with van der Waals surface area (Å²) in [7, 11) is -2.81. The number of allylic oxidation sites excluding steroid dienone is 2. The molecular weight excluding hydrogens is 252 g/mol. The molecule has 4 nitrogen and oxygen atoms in total. The zero-order chi connectivity index (χ0) is 12.4. The molecule has 0 radical (unpaired) electrons. The highest BCUT2D eigenvalue weighted by atomic mass is 32.2. The van der Waals surface area contributed by atoms with Gasteiger partial charge in [-0.15, -0.1) is 0 Å². The molecule has 4 fully saturated rings. The maximum Gasteiger partial charge on any atom is 0.208 e. The van der Waals surface area contributed by atoms with Crippen LogP contribution < -0.4 is 0 Å². The SMILES string of the molecule is O=S1(=O)CC2C3/C=C\C4(/C=C\C2C3C1)OCCO4. The fourth-order valence-corrected chi connectivity index (χ4v) is 6.05. The second-order valence-corrected chi connectivity index (χ2v) is 7.85. The quantitative estimate of drug-likeness (QED) is 0.609. The van der Waals surface area contributed by atoms with Gasteiger partial charge in [0.05, 0.1) is 24.7 Å². The molecule has 1 spiro atoms. The Hall–Kier alpha value is -0.650. The monoisotopic (exact) mass is 268 g/mol. The predicted molar refractivity (Wildman–Crippen MR) is 65.5 cm³/mol. The van der Waals surface area contributed by atoms with Crippen LogP contribution in [-0.2, 0) is 19.3 Å². The fraction of sp³-hybridized carbons (Fsp3) is 0.692. The lowest BCUT2D eigenvalue weighted by Gasteiger charge is -2.54. The molecule has 3 aliphatic heterocycles. The van der Waals surface area contributed by atoms with Gasteiger partial charge in [-0.1, -0.05) is 12.2 Å². The molecular formula is C13H16O4S. The van der Waals surface area contributed by atoms with Gasteiger partial charge in [0.1, 0.15) is 0 Å². The van der Waals surface area contributed by atoms with Gasteiger partial charge < -0.3 is 9.47 Å². The zero-order valence-electron chi connectivity index (χ0n) is 9.99. The van der Waals surface area contributed by atoms with Crippen molar-refractivity contribution in [3.63, 3.8) is 0 Å². The van der Waals surface area contributed by atoms with Gasteiger partial charge >= 0.3 is 0 Å². The molecule has 1 saturated carbocycles. The van der Waals surface area contributed by atoms with Crippen molar-refractivity contribution in [1.82, 2.24) is 0 Å². The zero-order valence-corrected chi connectivity index (χ0v) is 10.8. The highest BCUT2D eigenvalue weighted by Gasteiger charge is 2.56. The molecule has 0 aromatic heterocycles. The number of sulfone groups is 1. The molecule has 0 aromatic rings. The molecule has 5 heteroatoms. The van der Waals surface area contributed by atoms with Crippen LogP contribution in [0.4, 0.5) is 0 Å². The molecule has 4 bridgehead atoms. The molecule has 3 saturated heterocycles. The largest absolute Gasteiger partial charge is 0.341 e. The molecule has 0 unspecified atom stereocenters. The lowest BCUT2D eigenvalue weighted by Crippen LogP contribution is -2.57. The Morgan fingerprint density at radius 1 is 0.944 bits per heavy atom. The van der Waals surface area contributed by atoms with Crippen molar-refractivity contribution >= 4 is 9.84 Å². The minimum absolute atomic E-state index is 0.264. The summed E-state index contributed by atoms with van der Waals surface area (Å²) in [4.78, 5) is 0. The Morgan fingerprint density at radius 2 is 1.44 bits per heavy atom. The van der Waals surface area contributed by atoms with Gasteiger partial charge in [-0.2, -0.15) is 0 Å². The number of rotatable bonds is 0. The molecule has 18 heavy (non-hydrogen) atoms. The van der Waals surface area contributed by atoms with Crippen LogP contribution in [0.2, 0.25) is 0 Å². The van der Waals surface area contributed by atoms with Crippen LogP contribution in [0.5, 0.6) is 0 Å². The van der Waals surface area contributed by atoms with E-state index in [0.717, 1.165) is 0 Å². The second kappa shape index (κ2) is 3.46. The van der Waals surface area contributed by atoms with Crippen LogP contribution in [-0.4, -0.2) is 38.9 Å². The van der Waals surface area contributed by atoms with Gasteiger partial charge in [0.25, 0.3) is 0 Å². The molecule has 98 valence electrons. The summed E-state index contributed by atoms with van der Waals surface area (Å²) in [5.41, 5.74) is 0. The van der Waals surface area contributed by atoms with Gasteiger partial charge in [-0.05, 0) is 35.8 Å². The summed E-state index contributed by atoms with van der Waals surface area (Å²) in [5, 5.41) is 0. The third-order valence-electron chi connectivity index (χ3n) is 4.71. The topological polar surface area (TPSA) is 52.6 Å². The van der Waals surface area contributed by atoms with Crippen molar-refractivity contribution in [1.29, 1.82) is 0 Å². The van der Waals surface area contributed by atoms with E-state index >= 15 is 0 Å². The molecule has 6 aliphatic rings. The Labute approximate surface area is 107 Å². The van der Waals surface area contributed by atoms with Crippen molar-refractivity contribution in [2.45, 2.75) is 5.79 Å². The number of hydrogen-bond donors (Lipinski definition) is 0. The minimum Gasteiger partial charge on any atom is -0.341 e. The number of fused-ring (bicyclic) bond motifs is 2. The van der Waals surface area contributed by atoms with E-state index in [9.17, 15) is 8.42 Å². The minimum atomic E-state index is -2.81. The summed E-state index contributed by atoms with van der Waals surface area (Å²) in [6.07, 6.45) is 8.17. The van der Waals surface area contributed by atoms with Crippen molar-refractivity contribution in [3.05, 3.63) is 24.3 Å². The van der Waals surface area contributed by atoms with Gasteiger partial charge in [0.15, 0.2) is 9.84 Å². The average Bonchev–Trinajstić information content (AvgIpc) is 2.73. The van der Waals surface area contributed by atoms with Crippen LogP contribution in [0.3, 0.4) is 0 Å². The van der Waals surface area contributed by atoms with Crippen LogP contribution in [0.25, 0.3) is 0 Å². The van der Waals surface area contributed by atoms with Crippen molar-refractivity contribution in [3.8, 4) is 0 Å². The van der Waals surface area contributed by atoms with Crippen molar-refractivity contribution in [2.24, 2.45) is 23.7 Å². The van der Waals surface area contributed by atoms with Gasteiger partial charge in [0, 0.05) is 0 Å². The molecule has 0 aromatic carbocycles. The first-order valence-corrected chi connectivity index (χ1v) is 8.28. The maximum atomic E-state index is 11.7. The summed E-state index contributed by atoms with van der Waals surface area (Å²) in [6.45, 7) is 1.23. The lowest BCUT2D eigenvalue weighted by molar-refractivity contribution is -0.0787. The molecule has 0 N–H and O–H groups in total. The summed E-state index contributed by atoms with van der Waals surface area (Å²) in [6, 6.07) is 0. The first kappa shape index (κ1) is 11.2. The Morgan fingerprint density at radius 3 is 1.94 bits per heavy atom. The first-order chi connectivity index (χ1) is 8.59. The van der Waals surface area contributed by atoms with E-state index in [-0.39, 0.29) is 11.8 Å². The highest BCUT2D eigenvalue weighted by molar-refractivity contribution is 7.91. The normalized spacial score (nSPS) is 50.0.